The lowest BCUT2D eigenvalue weighted by molar-refractivity contribution is 0.467. The summed E-state index contributed by atoms with van der Waals surface area (Å²) in [6.07, 6.45) is 1.93. The number of hydrogen-bond acceptors (Lipinski definition) is 3. The van der Waals surface area contributed by atoms with E-state index in [1.165, 1.54) is 0 Å². The average Bonchev–Trinajstić information content (AvgIpc) is 2.75. The van der Waals surface area contributed by atoms with Crippen LogP contribution in [0.4, 0.5) is 5.69 Å². The van der Waals surface area contributed by atoms with E-state index in [1.54, 1.807) is 4.57 Å². The number of benzene rings is 1. The van der Waals surface area contributed by atoms with Crippen LogP contribution in [0.15, 0.2) is 24.4 Å². The van der Waals surface area contributed by atoms with E-state index in [-0.39, 0.29) is 0 Å². The molecule has 2 N–H and O–H groups in total. The summed E-state index contributed by atoms with van der Waals surface area (Å²) in [6, 6.07) is 7.84. The van der Waals surface area contributed by atoms with E-state index >= 15 is 0 Å². The molecule has 19 heavy (non-hydrogen) atoms. The SMILES string of the molecule is Cc1ccc(NCc2cc(C#N)n(C)c2)c(C)c1O. The maximum atomic E-state index is 9.88. The minimum absolute atomic E-state index is 0.329. The Balaban J connectivity index is 2.15. The van der Waals surface area contributed by atoms with Crippen molar-refractivity contribution in [3.63, 3.8) is 0 Å². The quantitative estimate of drug-likeness (QED) is 0.886. The fraction of sp³-hybridized carbons (Fsp3) is 0.267. The van der Waals surface area contributed by atoms with Crippen molar-refractivity contribution >= 4 is 5.69 Å². The first-order valence-electron chi connectivity index (χ1n) is 6.11. The van der Waals surface area contributed by atoms with Crippen molar-refractivity contribution < 1.29 is 5.11 Å². The lowest BCUT2D eigenvalue weighted by Gasteiger charge is -2.11. The van der Waals surface area contributed by atoms with E-state index in [0.29, 0.717) is 18.0 Å². The second-order valence-electron chi connectivity index (χ2n) is 4.71. The highest BCUT2D eigenvalue weighted by molar-refractivity contribution is 5.59. The van der Waals surface area contributed by atoms with Crippen molar-refractivity contribution in [3.05, 3.63) is 46.8 Å². The number of rotatable bonds is 3. The van der Waals surface area contributed by atoms with Crippen LogP contribution < -0.4 is 5.32 Å². The molecule has 1 aromatic carbocycles. The molecular formula is C15H17N3O. The highest BCUT2D eigenvalue weighted by Gasteiger charge is 2.07. The summed E-state index contributed by atoms with van der Waals surface area (Å²) in [5.74, 6) is 0.329. The molecule has 0 spiro atoms. The van der Waals surface area contributed by atoms with Gasteiger partial charge in [0.1, 0.15) is 17.5 Å². The number of aryl methyl sites for hydroxylation is 2. The number of aromatic hydroxyl groups is 1. The fourth-order valence-electron chi connectivity index (χ4n) is 2.07. The van der Waals surface area contributed by atoms with Crippen LogP contribution in [-0.2, 0) is 13.6 Å². The molecule has 0 amide bonds. The first kappa shape index (κ1) is 13.0. The first-order valence-corrected chi connectivity index (χ1v) is 6.11. The summed E-state index contributed by atoms with van der Waals surface area (Å²) in [6.45, 7) is 4.39. The lowest BCUT2D eigenvalue weighted by Crippen LogP contribution is -2.00. The highest BCUT2D eigenvalue weighted by atomic mass is 16.3. The molecule has 0 aliphatic carbocycles. The summed E-state index contributed by atoms with van der Waals surface area (Å²) in [7, 11) is 1.85. The number of hydrogen-bond donors (Lipinski definition) is 2. The number of phenols is 1. The Bertz CT molecular complexity index is 650. The third-order valence-electron chi connectivity index (χ3n) is 3.29. The molecule has 4 nitrogen and oxygen atoms in total. The van der Waals surface area contributed by atoms with Crippen molar-refractivity contribution in [2.45, 2.75) is 20.4 Å². The molecule has 0 aliphatic rings. The molecular weight excluding hydrogens is 238 g/mol. The normalized spacial score (nSPS) is 10.2. The van der Waals surface area contributed by atoms with Gasteiger partial charge >= 0.3 is 0 Å². The van der Waals surface area contributed by atoms with Gasteiger partial charge in [-0.25, -0.2) is 0 Å². The lowest BCUT2D eigenvalue weighted by atomic mass is 10.1. The Kier molecular flexibility index (Phi) is 3.48. The molecule has 0 aliphatic heterocycles. The van der Waals surface area contributed by atoms with E-state index in [0.717, 1.165) is 22.4 Å². The predicted octanol–water partition coefficient (Wildman–Crippen LogP) is 2.83. The number of nitriles is 1. The summed E-state index contributed by atoms with van der Waals surface area (Å²) >= 11 is 0. The Morgan fingerprint density at radius 2 is 2.11 bits per heavy atom. The molecule has 0 fully saturated rings. The van der Waals surface area contributed by atoms with Crippen LogP contribution in [0.2, 0.25) is 0 Å². The van der Waals surface area contributed by atoms with Gasteiger partial charge in [-0.3, -0.25) is 0 Å². The average molecular weight is 255 g/mol. The molecule has 0 unspecified atom stereocenters. The summed E-state index contributed by atoms with van der Waals surface area (Å²) < 4.78 is 1.80. The number of phenolic OH excluding ortho intramolecular Hbond substituents is 1. The van der Waals surface area contributed by atoms with Crippen molar-refractivity contribution in [3.8, 4) is 11.8 Å². The molecule has 1 aromatic heterocycles. The molecule has 0 bridgehead atoms. The smallest absolute Gasteiger partial charge is 0.123 e. The maximum Gasteiger partial charge on any atom is 0.123 e. The Hall–Kier alpha value is -2.41. The van der Waals surface area contributed by atoms with Crippen molar-refractivity contribution in [2.75, 3.05) is 5.32 Å². The van der Waals surface area contributed by atoms with Crippen LogP contribution in [0.1, 0.15) is 22.4 Å². The highest BCUT2D eigenvalue weighted by Crippen LogP contribution is 2.28. The van der Waals surface area contributed by atoms with Crippen LogP contribution in [0.5, 0.6) is 5.75 Å². The van der Waals surface area contributed by atoms with Gasteiger partial charge in [0.25, 0.3) is 0 Å². The minimum Gasteiger partial charge on any atom is -0.507 e. The number of nitrogens with one attached hydrogen (secondary N) is 1. The van der Waals surface area contributed by atoms with E-state index in [4.69, 9.17) is 5.26 Å². The largest absolute Gasteiger partial charge is 0.507 e. The molecule has 0 saturated carbocycles. The van der Waals surface area contributed by atoms with Gasteiger partial charge < -0.3 is 15.0 Å². The fourth-order valence-corrected chi connectivity index (χ4v) is 2.07. The minimum atomic E-state index is 0.329. The van der Waals surface area contributed by atoms with Crippen LogP contribution in [0, 0.1) is 25.2 Å². The molecule has 4 heteroatoms. The van der Waals surface area contributed by atoms with Gasteiger partial charge in [-0.2, -0.15) is 5.26 Å². The van der Waals surface area contributed by atoms with Crippen molar-refractivity contribution in [2.24, 2.45) is 7.05 Å². The predicted molar refractivity (Wildman–Crippen MR) is 75.0 cm³/mol. The summed E-state index contributed by atoms with van der Waals surface area (Å²) in [4.78, 5) is 0. The second-order valence-corrected chi connectivity index (χ2v) is 4.71. The molecule has 0 radical (unpaired) electrons. The monoisotopic (exact) mass is 255 g/mol. The Morgan fingerprint density at radius 1 is 1.37 bits per heavy atom. The topological polar surface area (TPSA) is 61.0 Å². The Morgan fingerprint density at radius 3 is 2.74 bits per heavy atom. The third-order valence-corrected chi connectivity index (χ3v) is 3.29. The van der Waals surface area contributed by atoms with Gasteiger partial charge in [-0.15, -0.1) is 0 Å². The zero-order chi connectivity index (χ0) is 14.0. The van der Waals surface area contributed by atoms with Crippen LogP contribution in [0.3, 0.4) is 0 Å². The maximum absolute atomic E-state index is 9.88. The number of anilines is 1. The standard InChI is InChI=1S/C15H17N3O/c1-10-4-5-14(11(2)15(10)19)17-8-12-6-13(7-16)18(3)9-12/h4-6,9,17,19H,8H2,1-3H3. The van der Waals surface area contributed by atoms with Crippen LogP contribution >= 0.6 is 0 Å². The molecule has 2 aromatic rings. The Labute approximate surface area is 112 Å². The van der Waals surface area contributed by atoms with Crippen molar-refractivity contribution in [1.82, 2.24) is 4.57 Å². The number of nitrogens with zero attached hydrogens (tertiary/aromatic N) is 2. The van der Waals surface area contributed by atoms with Gasteiger partial charge in [0.05, 0.1) is 0 Å². The van der Waals surface area contributed by atoms with Crippen LogP contribution in [-0.4, -0.2) is 9.67 Å². The molecule has 0 atom stereocenters. The van der Waals surface area contributed by atoms with E-state index in [9.17, 15) is 5.11 Å². The van der Waals surface area contributed by atoms with Gasteiger partial charge in [0.15, 0.2) is 0 Å². The van der Waals surface area contributed by atoms with E-state index < -0.39 is 0 Å². The second kappa shape index (κ2) is 5.07. The van der Waals surface area contributed by atoms with Gasteiger partial charge in [-0.05, 0) is 37.1 Å². The first-order chi connectivity index (χ1) is 9.02. The van der Waals surface area contributed by atoms with Gasteiger partial charge in [-0.1, -0.05) is 6.07 Å². The molecule has 1 heterocycles. The van der Waals surface area contributed by atoms with E-state index in [2.05, 4.69) is 11.4 Å². The van der Waals surface area contributed by atoms with Crippen molar-refractivity contribution in [1.29, 1.82) is 5.26 Å². The summed E-state index contributed by atoms with van der Waals surface area (Å²) in [5, 5.41) is 22.1. The number of aromatic nitrogens is 1. The van der Waals surface area contributed by atoms with Gasteiger partial charge in [0.2, 0.25) is 0 Å². The zero-order valence-corrected chi connectivity index (χ0v) is 11.4. The molecule has 98 valence electrons. The zero-order valence-electron chi connectivity index (χ0n) is 11.4. The third kappa shape index (κ3) is 2.55. The molecule has 0 saturated heterocycles. The van der Waals surface area contributed by atoms with Crippen LogP contribution in [0.25, 0.3) is 0 Å². The summed E-state index contributed by atoms with van der Waals surface area (Å²) in [5.41, 5.74) is 4.30. The van der Waals surface area contributed by atoms with E-state index in [1.807, 2.05) is 45.3 Å². The molecule has 2 rings (SSSR count). The van der Waals surface area contributed by atoms with Gasteiger partial charge in [0, 0.05) is 31.0 Å².